The number of allylic oxidation sites excluding steroid dienone is 1. The lowest BCUT2D eigenvalue weighted by Crippen LogP contribution is -2.33. The fraction of sp³-hybridized carbons (Fsp3) is 0.444. The summed E-state index contributed by atoms with van der Waals surface area (Å²) in [5.74, 6) is 0.0128. The summed E-state index contributed by atoms with van der Waals surface area (Å²) in [5.41, 5.74) is 3.17. The van der Waals surface area contributed by atoms with Crippen molar-refractivity contribution < 1.29 is 9.59 Å². The minimum absolute atomic E-state index is 0.306. The molecular formula is C18H20N4O2. The molecule has 1 aliphatic carbocycles. The van der Waals surface area contributed by atoms with E-state index in [1.165, 1.54) is 11.3 Å². The summed E-state index contributed by atoms with van der Waals surface area (Å²) in [6.07, 6.45) is 5.02. The average molecular weight is 324 g/mol. The molecule has 1 aromatic heterocycles. The van der Waals surface area contributed by atoms with E-state index in [-0.39, 0.29) is 11.9 Å². The van der Waals surface area contributed by atoms with Gasteiger partial charge in [-0.1, -0.05) is 6.42 Å². The third kappa shape index (κ3) is 2.46. The molecule has 1 aliphatic heterocycles. The van der Waals surface area contributed by atoms with Crippen LogP contribution in [0.1, 0.15) is 48.9 Å². The number of nitrogens with zero attached hydrogens (tertiary/aromatic N) is 4. The van der Waals surface area contributed by atoms with Gasteiger partial charge < -0.3 is 0 Å². The third-order valence-electron chi connectivity index (χ3n) is 4.72. The maximum Gasteiger partial charge on any atom is 0.337 e. The molecule has 0 spiro atoms. The van der Waals surface area contributed by atoms with Gasteiger partial charge in [0, 0.05) is 7.05 Å². The molecule has 1 saturated heterocycles. The number of nitriles is 1. The minimum Gasteiger partial charge on any atom is -0.292 e. The van der Waals surface area contributed by atoms with Crippen molar-refractivity contribution in [2.45, 2.75) is 46.0 Å². The number of imide groups is 1. The molecule has 6 nitrogen and oxygen atoms in total. The Morgan fingerprint density at radius 2 is 1.83 bits per heavy atom. The fourth-order valence-corrected chi connectivity index (χ4v) is 3.40. The van der Waals surface area contributed by atoms with Crippen LogP contribution >= 0.6 is 0 Å². The van der Waals surface area contributed by atoms with Crippen molar-refractivity contribution in [2.75, 3.05) is 11.9 Å². The standard InChI is InChI=1S/C18H20N4O2/c1-11-9-14(10-19)12(2)20-16(11)22-17(23)15(21(3)18(22)24)13-7-5-4-6-8-13/h9H,4-8H2,1-3H3. The number of carbonyl (C=O) groups excluding carboxylic acids is 2. The molecule has 3 rings (SSSR count). The smallest absolute Gasteiger partial charge is 0.292 e. The van der Waals surface area contributed by atoms with Crippen LogP contribution in [-0.4, -0.2) is 28.9 Å². The van der Waals surface area contributed by atoms with Crippen molar-refractivity contribution in [3.63, 3.8) is 0 Å². The van der Waals surface area contributed by atoms with Crippen molar-refractivity contribution in [1.82, 2.24) is 9.88 Å². The van der Waals surface area contributed by atoms with E-state index in [0.29, 0.717) is 28.3 Å². The van der Waals surface area contributed by atoms with Gasteiger partial charge in [-0.15, -0.1) is 0 Å². The first-order chi connectivity index (χ1) is 11.5. The number of urea groups is 1. The molecule has 0 unspecified atom stereocenters. The second kappa shape index (κ2) is 6.08. The fourth-order valence-electron chi connectivity index (χ4n) is 3.40. The number of carbonyl (C=O) groups is 2. The minimum atomic E-state index is -0.382. The summed E-state index contributed by atoms with van der Waals surface area (Å²) in [7, 11) is 1.64. The second-order valence-electron chi connectivity index (χ2n) is 6.37. The monoisotopic (exact) mass is 324 g/mol. The molecule has 2 aliphatic rings. The molecule has 0 N–H and O–H groups in total. The summed E-state index contributed by atoms with van der Waals surface area (Å²) in [5, 5.41) is 9.10. The summed E-state index contributed by atoms with van der Waals surface area (Å²) >= 11 is 0. The Labute approximate surface area is 141 Å². The first-order valence-electron chi connectivity index (χ1n) is 8.18. The first-order valence-corrected chi connectivity index (χ1v) is 8.18. The van der Waals surface area contributed by atoms with Gasteiger partial charge >= 0.3 is 6.03 Å². The molecule has 1 saturated carbocycles. The van der Waals surface area contributed by atoms with E-state index in [1.54, 1.807) is 27.0 Å². The maximum absolute atomic E-state index is 12.9. The normalized spacial score (nSPS) is 18.4. The molecule has 124 valence electrons. The lowest BCUT2D eigenvalue weighted by atomic mass is 9.93. The van der Waals surface area contributed by atoms with E-state index >= 15 is 0 Å². The van der Waals surface area contributed by atoms with Crippen LogP contribution in [0.4, 0.5) is 10.6 Å². The number of hydrogen-bond donors (Lipinski definition) is 0. The van der Waals surface area contributed by atoms with Crippen molar-refractivity contribution >= 4 is 17.8 Å². The Morgan fingerprint density at radius 3 is 2.46 bits per heavy atom. The highest BCUT2D eigenvalue weighted by Crippen LogP contribution is 2.34. The lowest BCUT2D eigenvalue weighted by Gasteiger charge is -2.18. The zero-order valence-corrected chi connectivity index (χ0v) is 14.2. The topological polar surface area (TPSA) is 77.3 Å². The van der Waals surface area contributed by atoms with Crippen molar-refractivity contribution in [1.29, 1.82) is 5.26 Å². The second-order valence-corrected chi connectivity index (χ2v) is 6.37. The lowest BCUT2D eigenvalue weighted by molar-refractivity contribution is -0.114. The Morgan fingerprint density at radius 1 is 1.17 bits per heavy atom. The highest BCUT2D eigenvalue weighted by molar-refractivity contribution is 6.26. The maximum atomic E-state index is 12.9. The summed E-state index contributed by atoms with van der Waals surface area (Å²) < 4.78 is 0. The summed E-state index contributed by atoms with van der Waals surface area (Å²) in [6, 6.07) is 3.36. The van der Waals surface area contributed by atoms with Crippen LogP contribution in [0.3, 0.4) is 0 Å². The van der Waals surface area contributed by atoms with Crippen LogP contribution in [0.15, 0.2) is 17.3 Å². The predicted molar refractivity (Wildman–Crippen MR) is 89.2 cm³/mol. The molecule has 0 atom stereocenters. The van der Waals surface area contributed by atoms with Gasteiger partial charge in [-0.25, -0.2) is 14.7 Å². The van der Waals surface area contributed by atoms with Crippen LogP contribution in [0.5, 0.6) is 0 Å². The van der Waals surface area contributed by atoms with E-state index in [1.807, 2.05) is 0 Å². The van der Waals surface area contributed by atoms with Gasteiger partial charge in [-0.2, -0.15) is 5.26 Å². The molecule has 0 aromatic carbocycles. The number of likely N-dealkylation sites (N-methyl/N-ethyl adjacent to an activating group) is 1. The van der Waals surface area contributed by atoms with Crippen LogP contribution in [0, 0.1) is 25.2 Å². The number of amides is 3. The van der Waals surface area contributed by atoms with Gasteiger partial charge in [0.05, 0.1) is 11.3 Å². The third-order valence-corrected chi connectivity index (χ3v) is 4.72. The molecule has 0 radical (unpaired) electrons. The van der Waals surface area contributed by atoms with Crippen molar-refractivity contribution in [2.24, 2.45) is 0 Å². The van der Waals surface area contributed by atoms with Crippen LogP contribution < -0.4 is 4.90 Å². The highest BCUT2D eigenvalue weighted by Gasteiger charge is 2.43. The number of hydrogen-bond acceptors (Lipinski definition) is 4. The predicted octanol–water partition coefficient (Wildman–Crippen LogP) is 3.19. The molecule has 2 heterocycles. The number of aryl methyl sites for hydroxylation is 2. The van der Waals surface area contributed by atoms with Gasteiger partial charge in [0.1, 0.15) is 17.6 Å². The van der Waals surface area contributed by atoms with Gasteiger partial charge in [0.2, 0.25) is 0 Å². The number of rotatable bonds is 1. The van der Waals surface area contributed by atoms with Crippen LogP contribution in [-0.2, 0) is 4.79 Å². The van der Waals surface area contributed by atoms with Gasteiger partial charge in [0.25, 0.3) is 5.91 Å². The number of aromatic nitrogens is 1. The zero-order chi connectivity index (χ0) is 17.4. The highest BCUT2D eigenvalue weighted by atomic mass is 16.2. The zero-order valence-electron chi connectivity index (χ0n) is 14.2. The van der Waals surface area contributed by atoms with E-state index in [0.717, 1.165) is 36.2 Å². The van der Waals surface area contributed by atoms with Gasteiger partial charge in [0.15, 0.2) is 0 Å². The van der Waals surface area contributed by atoms with Crippen molar-refractivity contribution in [3.8, 4) is 6.07 Å². The molecule has 0 bridgehead atoms. The number of anilines is 1. The van der Waals surface area contributed by atoms with Crippen LogP contribution in [0.25, 0.3) is 0 Å². The quantitative estimate of drug-likeness (QED) is 0.587. The Balaban J connectivity index is 2.07. The summed E-state index contributed by atoms with van der Waals surface area (Å²) in [4.78, 5) is 32.6. The molecule has 2 fully saturated rings. The number of pyridine rings is 1. The molecule has 6 heteroatoms. The average Bonchev–Trinajstić information content (AvgIpc) is 2.80. The molecular weight excluding hydrogens is 304 g/mol. The largest absolute Gasteiger partial charge is 0.337 e. The molecule has 1 aromatic rings. The van der Waals surface area contributed by atoms with E-state index in [4.69, 9.17) is 5.26 Å². The molecule has 3 amide bonds. The SMILES string of the molecule is Cc1cc(C#N)c(C)nc1N1C(=O)C(=C2CCCCC2)N(C)C1=O. The van der Waals surface area contributed by atoms with Crippen LogP contribution in [0.2, 0.25) is 0 Å². The van der Waals surface area contributed by atoms with Crippen molar-refractivity contribution in [3.05, 3.63) is 34.2 Å². The molecule has 24 heavy (non-hydrogen) atoms. The van der Waals surface area contributed by atoms with Gasteiger partial charge in [-0.3, -0.25) is 9.69 Å². The van der Waals surface area contributed by atoms with E-state index in [2.05, 4.69) is 11.1 Å². The van der Waals surface area contributed by atoms with E-state index < -0.39 is 0 Å². The van der Waals surface area contributed by atoms with Gasteiger partial charge in [-0.05, 0) is 56.7 Å². The Bertz CT molecular complexity index is 796. The summed E-state index contributed by atoms with van der Waals surface area (Å²) in [6.45, 7) is 3.46. The van der Waals surface area contributed by atoms with E-state index in [9.17, 15) is 9.59 Å². The Hall–Kier alpha value is -2.68. The Kier molecular flexibility index (Phi) is 4.10. The first kappa shape index (κ1) is 16.2.